The summed E-state index contributed by atoms with van der Waals surface area (Å²) < 4.78 is 12.6. The zero-order chi connectivity index (χ0) is 7.78. The highest BCUT2D eigenvalue weighted by molar-refractivity contribution is 4.94. The van der Waals surface area contributed by atoms with Gasteiger partial charge in [0, 0.05) is 1.37 Å². The Labute approximate surface area is 58.8 Å². The van der Waals surface area contributed by atoms with Crippen molar-refractivity contribution in [2.24, 2.45) is 0 Å². The molecule has 1 rings (SSSR count). The van der Waals surface area contributed by atoms with E-state index in [9.17, 15) is 0 Å². The smallest absolute Gasteiger partial charge is 0.0892 e. The van der Waals surface area contributed by atoms with Crippen LogP contribution in [0.3, 0.4) is 0 Å². The molecule has 1 heteroatoms. The predicted molar refractivity (Wildman–Crippen MR) is 38.5 cm³/mol. The van der Waals surface area contributed by atoms with Crippen molar-refractivity contribution in [2.75, 3.05) is 0 Å². The molecule has 1 aliphatic rings. The molecule has 2 atom stereocenters. The van der Waals surface area contributed by atoms with Crippen molar-refractivity contribution in [1.82, 2.24) is 0 Å². The summed E-state index contributed by atoms with van der Waals surface area (Å²) in [5.74, 6) is 0. The molecule has 0 saturated carbocycles. The van der Waals surface area contributed by atoms with Gasteiger partial charge < -0.3 is 4.74 Å². The molecule has 0 bridgehead atoms. The van der Waals surface area contributed by atoms with Crippen LogP contribution >= 0.6 is 0 Å². The Kier molecular flexibility index (Phi) is 1.46. The Morgan fingerprint density at radius 1 is 1.67 bits per heavy atom. The number of epoxide rings is 1. The summed E-state index contributed by atoms with van der Waals surface area (Å²) in [4.78, 5) is 0. The van der Waals surface area contributed by atoms with Gasteiger partial charge in [0.2, 0.25) is 0 Å². The van der Waals surface area contributed by atoms with Crippen LogP contribution in [0.1, 0.15) is 41.4 Å². The average molecular weight is 129 g/mol. The van der Waals surface area contributed by atoms with Crippen molar-refractivity contribution in [3.05, 3.63) is 0 Å². The molecule has 1 fully saturated rings. The normalized spacial score (nSPS) is 35.4. The van der Waals surface area contributed by atoms with E-state index >= 15 is 0 Å². The summed E-state index contributed by atoms with van der Waals surface area (Å²) in [6, 6.07) is 0. The van der Waals surface area contributed by atoms with Crippen LogP contribution in [0.2, 0.25) is 0 Å². The second-order valence-electron chi connectivity index (χ2n) is 3.20. The van der Waals surface area contributed by atoms with E-state index in [1.807, 2.05) is 6.92 Å². The van der Waals surface area contributed by atoms with Crippen LogP contribution in [-0.2, 0) is 4.74 Å². The Bertz CT molecular complexity index is 120. The van der Waals surface area contributed by atoms with Crippen molar-refractivity contribution >= 4 is 0 Å². The first-order valence-corrected chi connectivity index (χ1v) is 3.62. The minimum absolute atomic E-state index is 0.0694. The largest absolute Gasteiger partial charge is 0.367 e. The standard InChI is InChI=1S/C8H16O/c1-4-5-6-7-8(2,3)9-7/h7H,4-6H2,1-3H3/i4D/t4-,7?/m1/s1. The van der Waals surface area contributed by atoms with E-state index in [0.29, 0.717) is 6.10 Å². The fraction of sp³-hybridized carbons (Fsp3) is 1.00. The highest BCUT2D eigenvalue weighted by Crippen LogP contribution is 2.38. The third-order valence-corrected chi connectivity index (χ3v) is 1.88. The Morgan fingerprint density at radius 2 is 2.22 bits per heavy atom. The van der Waals surface area contributed by atoms with Crippen LogP contribution in [0, 0.1) is 0 Å². The van der Waals surface area contributed by atoms with Gasteiger partial charge >= 0.3 is 0 Å². The molecule has 0 aromatic heterocycles. The van der Waals surface area contributed by atoms with Gasteiger partial charge in [-0.3, -0.25) is 0 Å². The van der Waals surface area contributed by atoms with Crippen LogP contribution in [0.4, 0.5) is 0 Å². The zero-order valence-electron chi connectivity index (χ0n) is 7.48. The molecule has 54 valence electrons. The van der Waals surface area contributed by atoms with Crippen molar-refractivity contribution in [1.29, 1.82) is 0 Å². The highest BCUT2D eigenvalue weighted by atomic mass is 16.6. The van der Waals surface area contributed by atoms with Crippen LogP contribution in [0.15, 0.2) is 0 Å². The molecule has 1 heterocycles. The summed E-state index contributed by atoms with van der Waals surface area (Å²) in [7, 11) is 0. The first-order valence-electron chi connectivity index (χ1n) is 4.20. The van der Waals surface area contributed by atoms with Crippen LogP contribution in [0.5, 0.6) is 0 Å². The Balaban J connectivity index is 2.07. The molecule has 0 N–H and O–H groups in total. The number of hydrogen-bond donors (Lipinski definition) is 0. The molecule has 1 unspecified atom stereocenters. The predicted octanol–water partition coefficient (Wildman–Crippen LogP) is 2.35. The van der Waals surface area contributed by atoms with Gasteiger partial charge in [0.1, 0.15) is 0 Å². The van der Waals surface area contributed by atoms with E-state index in [1.54, 1.807) is 0 Å². The van der Waals surface area contributed by atoms with Crippen molar-refractivity contribution in [3.63, 3.8) is 0 Å². The summed E-state index contributed by atoms with van der Waals surface area (Å²) in [5.41, 5.74) is 0.120. The number of rotatable bonds is 3. The van der Waals surface area contributed by atoms with E-state index in [2.05, 4.69) is 13.8 Å². The molecule has 1 nitrogen and oxygen atoms in total. The maximum absolute atomic E-state index is 7.27. The Hall–Kier alpha value is -0.0400. The lowest BCUT2D eigenvalue weighted by atomic mass is 10.1. The van der Waals surface area contributed by atoms with Gasteiger partial charge in [-0.1, -0.05) is 19.7 Å². The van der Waals surface area contributed by atoms with Gasteiger partial charge in [0.05, 0.1) is 11.7 Å². The maximum atomic E-state index is 7.27. The highest BCUT2D eigenvalue weighted by Gasteiger charge is 2.46. The van der Waals surface area contributed by atoms with Crippen LogP contribution in [-0.4, -0.2) is 11.7 Å². The molecular weight excluding hydrogens is 112 g/mol. The molecule has 1 aliphatic heterocycles. The summed E-state index contributed by atoms with van der Waals surface area (Å²) in [6.07, 6.45) is 2.52. The van der Waals surface area contributed by atoms with Gasteiger partial charge in [-0.15, -0.1) is 0 Å². The van der Waals surface area contributed by atoms with Gasteiger partial charge in [-0.2, -0.15) is 0 Å². The van der Waals surface area contributed by atoms with Crippen molar-refractivity contribution in [2.45, 2.75) is 51.7 Å². The molecule has 0 radical (unpaired) electrons. The summed E-state index contributed by atoms with van der Waals surface area (Å²) >= 11 is 0. The number of hydrogen-bond acceptors (Lipinski definition) is 1. The molecule has 0 aromatic rings. The van der Waals surface area contributed by atoms with Crippen LogP contribution in [0.25, 0.3) is 0 Å². The molecule has 0 aliphatic carbocycles. The van der Waals surface area contributed by atoms with E-state index in [-0.39, 0.29) is 12.0 Å². The molecule has 1 saturated heterocycles. The van der Waals surface area contributed by atoms with Gasteiger partial charge in [0.25, 0.3) is 0 Å². The monoisotopic (exact) mass is 129 g/mol. The SMILES string of the molecule is [2H][C@H](C)CCC1OC1(C)C. The fourth-order valence-corrected chi connectivity index (χ4v) is 1.06. The second kappa shape index (κ2) is 2.30. The third-order valence-electron chi connectivity index (χ3n) is 1.88. The molecule has 0 amide bonds. The fourth-order valence-electron chi connectivity index (χ4n) is 1.06. The summed E-state index contributed by atoms with van der Waals surface area (Å²) in [6.45, 7) is 6.13. The lowest BCUT2D eigenvalue weighted by Crippen LogP contribution is -2.01. The Morgan fingerprint density at radius 3 is 2.56 bits per heavy atom. The summed E-state index contributed by atoms with van der Waals surface area (Å²) in [5, 5.41) is 0. The second-order valence-corrected chi connectivity index (χ2v) is 3.20. The van der Waals surface area contributed by atoms with E-state index in [1.165, 1.54) is 0 Å². The first kappa shape index (κ1) is 5.72. The topological polar surface area (TPSA) is 12.5 Å². The molecule has 0 aromatic carbocycles. The third kappa shape index (κ3) is 1.68. The molecule has 0 spiro atoms. The van der Waals surface area contributed by atoms with E-state index < -0.39 is 0 Å². The average Bonchev–Trinajstić information content (AvgIpc) is 2.35. The quantitative estimate of drug-likeness (QED) is 0.533. The lowest BCUT2D eigenvalue weighted by Gasteiger charge is -1.93. The minimum atomic E-state index is 0.0694. The lowest BCUT2D eigenvalue weighted by molar-refractivity contribution is 0.318. The van der Waals surface area contributed by atoms with E-state index in [4.69, 9.17) is 6.11 Å². The van der Waals surface area contributed by atoms with Crippen molar-refractivity contribution in [3.8, 4) is 0 Å². The minimum Gasteiger partial charge on any atom is -0.367 e. The van der Waals surface area contributed by atoms with Crippen molar-refractivity contribution < 1.29 is 6.11 Å². The maximum Gasteiger partial charge on any atom is 0.0892 e. The number of ether oxygens (including phenoxy) is 1. The van der Waals surface area contributed by atoms with Crippen LogP contribution < -0.4 is 0 Å². The molecule has 9 heavy (non-hydrogen) atoms. The van der Waals surface area contributed by atoms with Gasteiger partial charge in [0.15, 0.2) is 0 Å². The van der Waals surface area contributed by atoms with E-state index in [0.717, 1.165) is 12.8 Å². The van der Waals surface area contributed by atoms with Gasteiger partial charge in [-0.05, 0) is 20.3 Å². The zero-order valence-corrected chi connectivity index (χ0v) is 6.48. The first-order chi connectivity index (χ1) is 4.52. The van der Waals surface area contributed by atoms with Gasteiger partial charge in [-0.25, -0.2) is 0 Å². The molecular formula is C8H16O.